The summed E-state index contributed by atoms with van der Waals surface area (Å²) in [5.74, 6) is 1.09. The number of nitrogens with one attached hydrogen (secondary N) is 1. The molecule has 0 bridgehead atoms. The van der Waals surface area contributed by atoms with Gasteiger partial charge in [-0.15, -0.1) is 0 Å². The average molecular weight is 287 g/mol. The van der Waals surface area contributed by atoms with E-state index in [2.05, 4.69) is 17.4 Å². The maximum absolute atomic E-state index is 11.9. The largest absolute Gasteiger partial charge is 0.493 e. The normalized spacial score (nSPS) is 24.1. The van der Waals surface area contributed by atoms with E-state index in [1.807, 2.05) is 0 Å². The van der Waals surface area contributed by atoms with Crippen molar-refractivity contribution in [1.82, 2.24) is 5.32 Å². The summed E-state index contributed by atoms with van der Waals surface area (Å²) in [6, 6.07) is 4.52. The topological polar surface area (TPSA) is 58.6 Å². The zero-order valence-corrected chi connectivity index (χ0v) is 12.1. The molecular formula is C17H21NO3. The van der Waals surface area contributed by atoms with Gasteiger partial charge in [0.1, 0.15) is 11.9 Å². The Kier molecular flexibility index (Phi) is 3.14. The molecular weight excluding hydrogens is 266 g/mol. The average Bonchev–Trinajstić information content (AvgIpc) is 3.01. The Bertz CT molecular complexity index is 580. The molecule has 0 aromatic heterocycles. The van der Waals surface area contributed by atoms with Crippen LogP contribution in [0.1, 0.15) is 48.3 Å². The third-order valence-corrected chi connectivity index (χ3v) is 4.92. The monoisotopic (exact) mass is 287 g/mol. The molecule has 4 nitrogen and oxygen atoms in total. The molecule has 1 saturated carbocycles. The molecule has 2 aliphatic carbocycles. The molecule has 4 heteroatoms. The van der Waals surface area contributed by atoms with Gasteiger partial charge in [0.15, 0.2) is 0 Å². The van der Waals surface area contributed by atoms with Crippen LogP contribution in [0.4, 0.5) is 0 Å². The minimum absolute atomic E-state index is 0.199. The summed E-state index contributed by atoms with van der Waals surface area (Å²) in [6.45, 7) is 0.753. The van der Waals surface area contributed by atoms with Gasteiger partial charge in [0.25, 0.3) is 0 Å². The minimum Gasteiger partial charge on any atom is -0.493 e. The first kappa shape index (κ1) is 13.1. The summed E-state index contributed by atoms with van der Waals surface area (Å²) in [7, 11) is 0. The first-order chi connectivity index (χ1) is 10.2. The van der Waals surface area contributed by atoms with Gasteiger partial charge < -0.3 is 15.2 Å². The summed E-state index contributed by atoms with van der Waals surface area (Å²) >= 11 is 0. The SMILES string of the molecule is O=C(NC1CC1)C(O)C[C@@H]1CCc2ccc3c(c21)CCO3. The van der Waals surface area contributed by atoms with Crippen LogP contribution in [0.5, 0.6) is 5.75 Å². The number of carbonyl (C=O) groups excluding carboxylic acids is 1. The predicted octanol–water partition coefficient (Wildman–Crippen LogP) is 1.68. The van der Waals surface area contributed by atoms with Crippen molar-refractivity contribution in [2.45, 2.75) is 56.6 Å². The fraction of sp³-hybridized carbons (Fsp3) is 0.588. The number of carbonyl (C=O) groups is 1. The molecule has 1 heterocycles. The van der Waals surface area contributed by atoms with E-state index >= 15 is 0 Å². The highest BCUT2D eigenvalue weighted by molar-refractivity contribution is 5.81. The highest BCUT2D eigenvalue weighted by atomic mass is 16.5. The van der Waals surface area contributed by atoms with Crippen molar-refractivity contribution in [3.05, 3.63) is 28.8 Å². The van der Waals surface area contributed by atoms with Crippen molar-refractivity contribution >= 4 is 5.91 Å². The molecule has 1 amide bonds. The molecule has 0 radical (unpaired) electrons. The summed E-state index contributed by atoms with van der Waals surface area (Å²) in [5, 5.41) is 13.1. The Morgan fingerprint density at radius 2 is 2.19 bits per heavy atom. The standard InChI is InChI=1S/C17H21NO3/c19-14(17(20)18-12-4-5-12)9-11-2-1-10-3-6-15-13(16(10)11)7-8-21-15/h3,6,11-12,14,19H,1-2,4-5,7-9H2,(H,18,20)/t11-,14?/m0/s1. The van der Waals surface area contributed by atoms with Crippen LogP contribution in [-0.2, 0) is 17.6 Å². The molecule has 1 fully saturated rings. The van der Waals surface area contributed by atoms with Crippen LogP contribution in [-0.4, -0.2) is 29.8 Å². The molecule has 1 aromatic carbocycles. The molecule has 21 heavy (non-hydrogen) atoms. The maximum Gasteiger partial charge on any atom is 0.249 e. The van der Waals surface area contributed by atoms with Gasteiger partial charge in [0.05, 0.1) is 6.61 Å². The van der Waals surface area contributed by atoms with E-state index in [1.165, 1.54) is 16.7 Å². The number of rotatable bonds is 4. The van der Waals surface area contributed by atoms with Crippen molar-refractivity contribution in [2.75, 3.05) is 6.61 Å². The van der Waals surface area contributed by atoms with Gasteiger partial charge >= 0.3 is 0 Å². The summed E-state index contributed by atoms with van der Waals surface area (Å²) in [4.78, 5) is 11.9. The first-order valence-electron chi connectivity index (χ1n) is 7.98. The lowest BCUT2D eigenvalue weighted by atomic mass is 9.90. The van der Waals surface area contributed by atoms with Gasteiger partial charge in [-0.05, 0) is 55.2 Å². The van der Waals surface area contributed by atoms with Crippen molar-refractivity contribution in [1.29, 1.82) is 0 Å². The smallest absolute Gasteiger partial charge is 0.249 e. The number of fused-ring (bicyclic) bond motifs is 3. The Labute approximate surface area is 124 Å². The minimum atomic E-state index is -0.889. The van der Waals surface area contributed by atoms with Gasteiger partial charge in [0, 0.05) is 18.0 Å². The number of hydrogen-bond donors (Lipinski definition) is 2. The third kappa shape index (κ3) is 2.42. The van der Waals surface area contributed by atoms with E-state index in [4.69, 9.17) is 4.74 Å². The highest BCUT2D eigenvalue weighted by Gasteiger charge is 2.33. The van der Waals surface area contributed by atoms with Crippen LogP contribution in [0.2, 0.25) is 0 Å². The Balaban J connectivity index is 1.51. The molecule has 0 spiro atoms. The lowest BCUT2D eigenvalue weighted by molar-refractivity contribution is -0.130. The second kappa shape index (κ2) is 5.02. The quantitative estimate of drug-likeness (QED) is 0.886. The van der Waals surface area contributed by atoms with Crippen molar-refractivity contribution in [2.24, 2.45) is 0 Å². The number of hydrogen-bond acceptors (Lipinski definition) is 3. The number of ether oxygens (including phenoxy) is 1. The first-order valence-corrected chi connectivity index (χ1v) is 7.98. The fourth-order valence-electron chi connectivity index (χ4n) is 3.69. The molecule has 1 aromatic rings. The molecule has 1 aliphatic heterocycles. The number of amides is 1. The molecule has 0 saturated heterocycles. The van der Waals surface area contributed by atoms with Gasteiger partial charge in [-0.25, -0.2) is 0 Å². The van der Waals surface area contributed by atoms with Crippen LogP contribution in [0.15, 0.2) is 12.1 Å². The van der Waals surface area contributed by atoms with Gasteiger partial charge in [-0.2, -0.15) is 0 Å². The molecule has 112 valence electrons. The van der Waals surface area contributed by atoms with E-state index in [1.54, 1.807) is 0 Å². The van der Waals surface area contributed by atoms with Crippen molar-refractivity contribution in [3.63, 3.8) is 0 Å². The summed E-state index contributed by atoms with van der Waals surface area (Å²) in [6.07, 6.45) is 4.77. The number of aliphatic hydroxyl groups is 1. The highest BCUT2D eigenvalue weighted by Crippen LogP contribution is 2.43. The molecule has 2 N–H and O–H groups in total. The summed E-state index contributed by atoms with van der Waals surface area (Å²) < 4.78 is 5.64. The molecule has 2 atom stereocenters. The zero-order valence-electron chi connectivity index (χ0n) is 12.1. The van der Waals surface area contributed by atoms with Crippen LogP contribution >= 0.6 is 0 Å². The van der Waals surface area contributed by atoms with Gasteiger partial charge in [0.2, 0.25) is 5.91 Å². The molecule has 3 aliphatic rings. The molecule has 4 rings (SSSR count). The van der Waals surface area contributed by atoms with E-state index in [9.17, 15) is 9.90 Å². The van der Waals surface area contributed by atoms with Crippen LogP contribution in [0, 0.1) is 0 Å². The second-order valence-corrected chi connectivity index (χ2v) is 6.48. The Morgan fingerprint density at radius 1 is 1.33 bits per heavy atom. The van der Waals surface area contributed by atoms with Crippen LogP contribution < -0.4 is 10.1 Å². The Hall–Kier alpha value is -1.55. The zero-order chi connectivity index (χ0) is 14.4. The molecule has 1 unspecified atom stereocenters. The lowest BCUT2D eigenvalue weighted by Crippen LogP contribution is -2.36. The van der Waals surface area contributed by atoms with E-state index in [-0.39, 0.29) is 11.8 Å². The predicted molar refractivity (Wildman–Crippen MR) is 78.5 cm³/mol. The summed E-state index contributed by atoms with van der Waals surface area (Å²) in [5.41, 5.74) is 4.03. The van der Waals surface area contributed by atoms with Crippen molar-refractivity contribution in [3.8, 4) is 5.75 Å². The van der Waals surface area contributed by atoms with E-state index in [0.29, 0.717) is 12.5 Å². The lowest BCUT2D eigenvalue weighted by Gasteiger charge is -2.18. The van der Waals surface area contributed by atoms with Crippen LogP contribution in [0.25, 0.3) is 0 Å². The van der Waals surface area contributed by atoms with Crippen LogP contribution in [0.3, 0.4) is 0 Å². The Morgan fingerprint density at radius 3 is 3.00 bits per heavy atom. The maximum atomic E-state index is 11.9. The number of benzene rings is 1. The third-order valence-electron chi connectivity index (χ3n) is 4.92. The number of aliphatic hydroxyl groups excluding tert-OH is 1. The van der Waals surface area contributed by atoms with Gasteiger partial charge in [-0.1, -0.05) is 6.07 Å². The second-order valence-electron chi connectivity index (χ2n) is 6.48. The van der Waals surface area contributed by atoms with Crippen molar-refractivity contribution < 1.29 is 14.6 Å². The van der Waals surface area contributed by atoms with E-state index in [0.717, 1.165) is 44.5 Å². The van der Waals surface area contributed by atoms with Gasteiger partial charge in [-0.3, -0.25) is 4.79 Å². The van der Waals surface area contributed by atoms with E-state index < -0.39 is 6.10 Å². The fourth-order valence-corrected chi connectivity index (χ4v) is 3.69. The number of aryl methyl sites for hydroxylation is 1.